The Morgan fingerprint density at radius 3 is 2.84 bits per heavy atom. The van der Waals surface area contributed by atoms with Gasteiger partial charge < -0.3 is 10.6 Å². The van der Waals surface area contributed by atoms with Crippen LogP contribution in [0.5, 0.6) is 0 Å². The molecule has 0 radical (unpaired) electrons. The van der Waals surface area contributed by atoms with E-state index >= 15 is 0 Å². The van der Waals surface area contributed by atoms with Gasteiger partial charge in [-0.25, -0.2) is 10.5 Å². The number of hydrogen-bond acceptors (Lipinski definition) is 7. The molecule has 1 heterocycles. The van der Waals surface area contributed by atoms with E-state index in [0.29, 0.717) is 34.5 Å². The van der Waals surface area contributed by atoms with Crippen molar-refractivity contribution in [2.75, 3.05) is 17.7 Å². The maximum absolute atomic E-state index is 12.1. The van der Waals surface area contributed by atoms with Crippen LogP contribution in [0.1, 0.15) is 48.0 Å². The van der Waals surface area contributed by atoms with Crippen LogP contribution < -0.4 is 16.1 Å². The van der Waals surface area contributed by atoms with E-state index in [1.165, 1.54) is 19.4 Å². The average molecular weight is 458 g/mol. The van der Waals surface area contributed by atoms with Crippen LogP contribution in [-0.4, -0.2) is 34.8 Å². The Morgan fingerprint density at radius 1 is 1.31 bits per heavy atom. The molecule has 170 valence electrons. The van der Waals surface area contributed by atoms with Gasteiger partial charge in [-0.2, -0.15) is 4.98 Å². The molecule has 0 saturated heterocycles. The van der Waals surface area contributed by atoms with Gasteiger partial charge in [-0.05, 0) is 49.5 Å². The third-order valence-corrected chi connectivity index (χ3v) is 5.88. The van der Waals surface area contributed by atoms with Crippen molar-refractivity contribution < 1.29 is 14.4 Å². The average Bonchev–Trinajstić information content (AvgIpc) is 2.78. The van der Waals surface area contributed by atoms with E-state index in [2.05, 4.69) is 32.7 Å². The van der Waals surface area contributed by atoms with Gasteiger partial charge in [-0.3, -0.25) is 14.4 Å². The number of halogens is 1. The molecular formula is C23H28ClN5O3. The second kappa shape index (κ2) is 11.1. The molecule has 1 amide bonds. The number of nitrogens with one attached hydrogen (secondary N) is 3. The number of aryl methyl sites for hydroxylation is 1. The number of carbonyl (C=O) groups is 2. The van der Waals surface area contributed by atoms with Crippen LogP contribution in [-0.2, 0) is 9.63 Å². The van der Waals surface area contributed by atoms with E-state index < -0.39 is 0 Å². The third-order valence-electron chi connectivity index (χ3n) is 5.61. The van der Waals surface area contributed by atoms with Crippen molar-refractivity contribution in [3.63, 3.8) is 0 Å². The van der Waals surface area contributed by atoms with Gasteiger partial charge in [0.1, 0.15) is 5.02 Å². The van der Waals surface area contributed by atoms with Gasteiger partial charge in [0.15, 0.2) is 11.6 Å². The van der Waals surface area contributed by atoms with Gasteiger partial charge >= 0.3 is 0 Å². The van der Waals surface area contributed by atoms with E-state index in [0.717, 1.165) is 31.2 Å². The molecule has 1 aliphatic carbocycles. The quantitative estimate of drug-likeness (QED) is 0.373. The Kier molecular flexibility index (Phi) is 8.19. The highest BCUT2D eigenvalue weighted by molar-refractivity contribution is 6.32. The van der Waals surface area contributed by atoms with Crippen LogP contribution in [0.4, 0.5) is 17.5 Å². The number of hydroxylamine groups is 1. The first-order chi connectivity index (χ1) is 15.4. The Balaban J connectivity index is 1.78. The predicted molar refractivity (Wildman–Crippen MR) is 125 cm³/mol. The van der Waals surface area contributed by atoms with Crippen molar-refractivity contribution in [2.24, 2.45) is 5.92 Å². The minimum absolute atomic E-state index is 0.0488. The van der Waals surface area contributed by atoms with Gasteiger partial charge in [0.25, 0.3) is 5.91 Å². The van der Waals surface area contributed by atoms with Crippen molar-refractivity contribution in [1.29, 1.82) is 0 Å². The normalized spacial score (nSPS) is 18.0. The second-order valence-corrected chi connectivity index (χ2v) is 8.26. The van der Waals surface area contributed by atoms with Crippen molar-refractivity contribution in [3.8, 4) is 0 Å². The fourth-order valence-electron chi connectivity index (χ4n) is 3.86. The predicted octanol–water partition coefficient (Wildman–Crippen LogP) is 4.59. The lowest BCUT2D eigenvalue weighted by molar-refractivity contribution is -0.115. The number of nitrogens with zero attached hydrogens (tertiary/aromatic N) is 2. The molecule has 1 aromatic carbocycles. The third kappa shape index (κ3) is 6.05. The van der Waals surface area contributed by atoms with Crippen molar-refractivity contribution in [3.05, 3.63) is 53.2 Å². The van der Waals surface area contributed by atoms with E-state index in [9.17, 15) is 9.59 Å². The summed E-state index contributed by atoms with van der Waals surface area (Å²) in [7, 11) is 1.38. The Morgan fingerprint density at radius 2 is 2.09 bits per heavy atom. The van der Waals surface area contributed by atoms with E-state index in [4.69, 9.17) is 16.4 Å². The maximum Gasteiger partial charge on any atom is 0.274 e. The number of aromatic nitrogens is 2. The molecule has 0 unspecified atom stereocenters. The number of carbonyl (C=O) groups excluding carboxylic acids is 2. The number of benzene rings is 1. The molecule has 9 heteroatoms. The topological polar surface area (TPSA) is 105 Å². The molecule has 0 aliphatic heterocycles. The molecule has 3 rings (SSSR count). The zero-order valence-electron chi connectivity index (χ0n) is 18.3. The van der Waals surface area contributed by atoms with Gasteiger partial charge in [0, 0.05) is 23.7 Å². The van der Waals surface area contributed by atoms with E-state index in [1.807, 2.05) is 13.0 Å². The van der Waals surface area contributed by atoms with E-state index in [1.54, 1.807) is 12.1 Å². The first-order valence-electron chi connectivity index (χ1n) is 10.6. The molecule has 3 N–H and O–H groups in total. The fourth-order valence-corrected chi connectivity index (χ4v) is 4.00. The van der Waals surface area contributed by atoms with Gasteiger partial charge in [-0.1, -0.05) is 37.1 Å². The summed E-state index contributed by atoms with van der Waals surface area (Å²) in [6.07, 6.45) is 7.47. The number of anilines is 3. The minimum atomic E-state index is -0.354. The van der Waals surface area contributed by atoms with Crippen LogP contribution in [0.15, 0.2) is 37.1 Å². The van der Waals surface area contributed by atoms with Crippen LogP contribution in [0.3, 0.4) is 0 Å². The molecule has 0 bridgehead atoms. The summed E-state index contributed by atoms with van der Waals surface area (Å²) < 4.78 is 0. The number of ketones is 1. The Bertz CT molecular complexity index is 998. The second-order valence-electron chi connectivity index (χ2n) is 7.85. The molecule has 1 fully saturated rings. The molecule has 32 heavy (non-hydrogen) atoms. The lowest BCUT2D eigenvalue weighted by atomic mass is 9.81. The SMILES string of the molecule is C=CC(=O)C[C@@H]1CCCC[C@H]1Nc1nc(Nc2cc(C(=O)NOC)ccc2C)ncc1Cl. The molecule has 1 saturated carbocycles. The van der Waals surface area contributed by atoms with Crippen LogP contribution >= 0.6 is 11.6 Å². The number of rotatable bonds is 9. The number of amides is 1. The highest BCUT2D eigenvalue weighted by atomic mass is 35.5. The van der Waals surface area contributed by atoms with Gasteiger partial charge in [0.05, 0.1) is 13.3 Å². The molecule has 0 spiro atoms. The zero-order chi connectivity index (χ0) is 23.1. The molecule has 2 aromatic rings. The highest BCUT2D eigenvalue weighted by Gasteiger charge is 2.27. The maximum atomic E-state index is 12.1. The standard InChI is InChI=1S/C23H28ClN5O3/c1-4-17(30)11-15-7-5-6-8-19(15)26-21-18(24)13-25-23(28-21)27-20-12-16(10-9-14(20)2)22(31)29-32-3/h4,9-10,12-13,15,19H,1,5-8,11H2,2-3H3,(H,29,31)(H2,25,26,27,28)/t15-,19+/m0/s1. The minimum Gasteiger partial charge on any atom is -0.366 e. The smallest absolute Gasteiger partial charge is 0.274 e. The first-order valence-corrected chi connectivity index (χ1v) is 10.9. The summed E-state index contributed by atoms with van der Waals surface area (Å²) >= 11 is 6.37. The van der Waals surface area contributed by atoms with Crippen molar-refractivity contribution >= 4 is 40.7 Å². The van der Waals surface area contributed by atoms with Gasteiger partial charge in [0.2, 0.25) is 5.95 Å². The summed E-state index contributed by atoms with van der Waals surface area (Å²) in [6, 6.07) is 5.33. The summed E-state index contributed by atoms with van der Waals surface area (Å²) in [5.74, 6) is 0.756. The molecule has 8 nitrogen and oxygen atoms in total. The van der Waals surface area contributed by atoms with Crippen LogP contribution in [0, 0.1) is 12.8 Å². The first kappa shape index (κ1) is 23.7. The number of allylic oxidation sites excluding steroid dienone is 1. The summed E-state index contributed by atoms with van der Waals surface area (Å²) in [5.41, 5.74) is 4.34. The fraction of sp³-hybridized carbons (Fsp3) is 0.391. The molecule has 1 aliphatic rings. The molecular weight excluding hydrogens is 430 g/mol. The number of hydrogen-bond donors (Lipinski definition) is 3. The summed E-state index contributed by atoms with van der Waals surface area (Å²) in [4.78, 5) is 37.5. The lowest BCUT2D eigenvalue weighted by Gasteiger charge is -2.32. The summed E-state index contributed by atoms with van der Waals surface area (Å²) in [5, 5.41) is 6.99. The summed E-state index contributed by atoms with van der Waals surface area (Å²) in [6.45, 7) is 5.50. The Labute approximate surface area is 192 Å². The van der Waals surface area contributed by atoms with Crippen LogP contribution in [0.25, 0.3) is 0 Å². The largest absolute Gasteiger partial charge is 0.366 e. The zero-order valence-corrected chi connectivity index (χ0v) is 19.0. The van der Waals surface area contributed by atoms with Crippen molar-refractivity contribution in [2.45, 2.75) is 45.1 Å². The lowest BCUT2D eigenvalue weighted by Crippen LogP contribution is -2.34. The van der Waals surface area contributed by atoms with Gasteiger partial charge in [-0.15, -0.1) is 0 Å². The molecule has 2 atom stereocenters. The highest BCUT2D eigenvalue weighted by Crippen LogP contribution is 2.32. The van der Waals surface area contributed by atoms with E-state index in [-0.39, 0.29) is 23.7 Å². The molecule has 1 aromatic heterocycles. The van der Waals surface area contributed by atoms with Crippen molar-refractivity contribution in [1.82, 2.24) is 15.4 Å². The monoisotopic (exact) mass is 457 g/mol. The van der Waals surface area contributed by atoms with Crippen LogP contribution in [0.2, 0.25) is 5.02 Å². The Hall–Kier alpha value is -2.97.